The molecule has 7 heteroatoms. The molecular weight excluding hydrogens is 328 g/mol. The Labute approximate surface area is 128 Å². The van der Waals surface area contributed by atoms with Crippen molar-refractivity contribution < 1.29 is 22.7 Å². The summed E-state index contributed by atoms with van der Waals surface area (Å²) in [5, 5.41) is 0.203. The normalized spacial score (nSPS) is 11.3. The van der Waals surface area contributed by atoms with Gasteiger partial charge < -0.3 is 4.74 Å². The van der Waals surface area contributed by atoms with E-state index in [1.54, 1.807) is 24.3 Å². The highest BCUT2D eigenvalue weighted by molar-refractivity contribution is 6.33. The molecule has 2 rings (SSSR count). The molecule has 21 heavy (non-hydrogen) atoms. The predicted molar refractivity (Wildman–Crippen MR) is 73.4 cm³/mol. The first-order valence-corrected chi connectivity index (χ1v) is 6.38. The van der Waals surface area contributed by atoms with Crippen LogP contribution in [0.3, 0.4) is 0 Å². The molecule has 0 amide bonds. The Morgan fingerprint density at radius 1 is 0.952 bits per heavy atom. The first kappa shape index (κ1) is 15.7. The number of alkyl halides is 3. The van der Waals surface area contributed by atoms with Crippen LogP contribution in [0.5, 0.6) is 11.5 Å². The maximum absolute atomic E-state index is 12.3. The summed E-state index contributed by atoms with van der Waals surface area (Å²) in [6, 6.07) is 9.63. The molecule has 0 atom stereocenters. The van der Waals surface area contributed by atoms with E-state index < -0.39 is 17.5 Å². The van der Waals surface area contributed by atoms with E-state index >= 15 is 0 Å². The number of carbonyl (C=O) groups is 1. The fourth-order valence-electron chi connectivity index (χ4n) is 1.53. The summed E-state index contributed by atoms with van der Waals surface area (Å²) in [6.07, 6.45) is -4.95. The zero-order valence-electron chi connectivity index (χ0n) is 10.2. The lowest BCUT2D eigenvalue weighted by Crippen LogP contribution is -2.22. The minimum Gasteiger partial charge on any atom is -0.454 e. The monoisotopic (exact) mass is 334 g/mol. The van der Waals surface area contributed by atoms with Crippen LogP contribution in [-0.4, -0.2) is 12.0 Å². The Morgan fingerprint density at radius 2 is 1.57 bits per heavy atom. The van der Waals surface area contributed by atoms with Gasteiger partial charge in [0.05, 0.1) is 10.0 Å². The van der Waals surface area contributed by atoms with Gasteiger partial charge in [-0.3, -0.25) is 4.79 Å². The molecule has 0 N–H and O–H groups in total. The fraction of sp³-hybridized carbons (Fsp3) is 0.0714. The number of halogens is 5. The van der Waals surface area contributed by atoms with Gasteiger partial charge in [-0.2, -0.15) is 13.2 Å². The summed E-state index contributed by atoms with van der Waals surface area (Å²) in [5.74, 6) is -1.56. The Hall–Kier alpha value is -1.72. The summed E-state index contributed by atoms with van der Waals surface area (Å²) < 4.78 is 42.4. The second kappa shape index (κ2) is 5.95. The Kier molecular flexibility index (Phi) is 4.44. The second-order valence-corrected chi connectivity index (χ2v) is 4.82. The summed E-state index contributed by atoms with van der Waals surface area (Å²) >= 11 is 11.7. The van der Waals surface area contributed by atoms with Crippen LogP contribution in [0, 0.1) is 0 Å². The molecule has 0 aliphatic carbocycles. The van der Waals surface area contributed by atoms with Crippen molar-refractivity contribution in [2.45, 2.75) is 6.18 Å². The molecule has 0 aliphatic rings. The highest BCUT2D eigenvalue weighted by atomic mass is 35.5. The number of rotatable bonds is 3. The van der Waals surface area contributed by atoms with Crippen molar-refractivity contribution in [1.29, 1.82) is 0 Å². The smallest absolute Gasteiger partial charge is 0.454 e. The van der Waals surface area contributed by atoms with Crippen LogP contribution in [0.1, 0.15) is 10.4 Å². The maximum Gasteiger partial charge on any atom is 0.454 e. The van der Waals surface area contributed by atoms with Crippen LogP contribution in [0.2, 0.25) is 10.0 Å². The first-order chi connectivity index (χ1) is 9.79. The Balaban J connectivity index is 2.29. The number of ether oxygens (including phenoxy) is 1. The molecule has 0 unspecified atom stereocenters. The number of hydrogen-bond acceptors (Lipinski definition) is 2. The van der Waals surface area contributed by atoms with Gasteiger partial charge >= 0.3 is 6.18 Å². The third-order valence-corrected chi connectivity index (χ3v) is 3.12. The molecule has 0 saturated heterocycles. The van der Waals surface area contributed by atoms with E-state index in [0.717, 1.165) is 12.1 Å². The Morgan fingerprint density at radius 3 is 2.14 bits per heavy atom. The van der Waals surface area contributed by atoms with Gasteiger partial charge in [0, 0.05) is 5.56 Å². The second-order valence-electron chi connectivity index (χ2n) is 4.00. The average molecular weight is 335 g/mol. The summed E-state index contributed by atoms with van der Waals surface area (Å²) in [6.45, 7) is 0. The van der Waals surface area contributed by atoms with Gasteiger partial charge in [-0.15, -0.1) is 0 Å². The third kappa shape index (κ3) is 3.68. The highest BCUT2D eigenvalue weighted by Crippen LogP contribution is 2.34. The van der Waals surface area contributed by atoms with E-state index in [1.165, 1.54) is 6.07 Å². The van der Waals surface area contributed by atoms with Crippen LogP contribution < -0.4 is 4.74 Å². The summed E-state index contributed by atoms with van der Waals surface area (Å²) in [7, 11) is 0. The lowest BCUT2D eigenvalue weighted by molar-refractivity contribution is -0.0885. The first-order valence-electron chi connectivity index (χ1n) is 5.62. The zero-order chi connectivity index (χ0) is 15.6. The van der Waals surface area contributed by atoms with Gasteiger partial charge in [-0.25, -0.2) is 0 Å². The molecule has 0 bridgehead atoms. The van der Waals surface area contributed by atoms with E-state index in [4.69, 9.17) is 27.9 Å². The molecule has 0 saturated carbocycles. The zero-order valence-corrected chi connectivity index (χ0v) is 11.8. The van der Waals surface area contributed by atoms with Crippen molar-refractivity contribution in [3.05, 3.63) is 58.1 Å². The van der Waals surface area contributed by atoms with Crippen molar-refractivity contribution in [3.63, 3.8) is 0 Å². The predicted octanol–water partition coefficient (Wildman–Crippen LogP) is 5.53. The number of para-hydroxylation sites is 1. The third-order valence-electron chi connectivity index (χ3n) is 2.51. The fourth-order valence-corrected chi connectivity index (χ4v) is 1.93. The van der Waals surface area contributed by atoms with Crippen molar-refractivity contribution in [2.24, 2.45) is 0 Å². The molecule has 0 fully saturated rings. The molecule has 0 radical (unpaired) electrons. The topological polar surface area (TPSA) is 26.3 Å². The maximum atomic E-state index is 12.3. The molecule has 0 aromatic heterocycles. The van der Waals surface area contributed by atoms with Crippen molar-refractivity contribution >= 4 is 29.0 Å². The van der Waals surface area contributed by atoms with Crippen molar-refractivity contribution in [3.8, 4) is 11.5 Å². The number of hydrogen-bond donors (Lipinski definition) is 0. The van der Waals surface area contributed by atoms with Gasteiger partial charge in [0.15, 0.2) is 0 Å². The van der Waals surface area contributed by atoms with E-state index in [-0.39, 0.29) is 10.8 Å². The van der Waals surface area contributed by atoms with Gasteiger partial charge in [0.2, 0.25) is 0 Å². The lowest BCUT2D eigenvalue weighted by atomic mass is 10.1. The van der Waals surface area contributed by atoms with Gasteiger partial charge in [-0.1, -0.05) is 35.3 Å². The molecule has 2 aromatic rings. The molecule has 0 spiro atoms. The molecule has 0 heterocycles. The quantitative estimate of drug-likeness (QED) is 0.689. The average Bonchev–Trinajstić information content (AvgIpc) is 2.41. The largest absolute Gasteiger partial charge is 0.454 e. The van der Waals surface area contributed by atoms with Gasteiger partial charge in [0.25, 0.3) is 5.78 Å². The summed E-state index contributed by atoms with van der Waals surface area (Å²) in [4.78, 5) is 11.1. The highest BCUT2D eigenvalue weighted by Gasteiger charge is 2.39. The number of benzene rings is 2. The van der Waals surface area contributed by atoms with Crippen LogP contribution in [0.15, 0.2) is 42.5 Å². The number of carbonyl (C=O) groups excluding carboxylic acids is 1. The Bertz CT molecular complexity index is 684. The lowest BCUT2D eigenvalue weighted by Gasteiger charge is -2.10. The molecule has 2 aromatic carbocycles. The van der Waals surface area contributed by atoms with Crippen LogP contribution in [-0.2, 0) is 0 Å². The van der Waals surface area contributed by atoms with Gasteiger partial charge in [-0.05, 0) is 30.3 Å². The van der Waals surface area contributed by atoms with Crippen LogP contribution in [0.25, 0.3) is 0 Å². The molecular formula is C14H7Cl2F3O2. The SMILES string of the molecule is O=C(c1ccc(Oc2ccccc2Cl)c(Cl)c1)C(F)(F)F. The minimum absolute atomic E-state index is 0.100. The van der Waals surface area contributed by atoms with E-state index in [0.29, 0.717) is 10.8 Å². The van der Waals surface area contributed by atoms with Crippen LogP contribution >= 0.6 is 23.2 Å². The van der Waals surface area contributed by atoms with Crippen molar-refractivity contribution in [1.82, 2.24) is 0 Å². The van der Waals surface area contributed by atoms with E-state index in [2.05, 4.69) is 0 Å². The van der Waals surface area contributed by atoms with Gasteiger partial charge in [0.1, 0.15) is 11.5 Å². The molecule has 2 nitrogen and oxygen atoms in total. The van der Waals surface area contributed by atoms with Crippen molar-refractivity contribution in [2.75, 3.05) is 0 Å². The number of ketones is 1. The molecule has 0 aliphatic heterocycles. The van der Waals surface area contributed by atoms with E-state index in [1.807, 2.05) is 0 Å². The standard InChI is InChI=1S/C14H7Cl2F3O2/c15-9-3-1-2-4-11(9)21-12-6-5-8(7-10(12)16)13(20)14(17,18)19/h1-7H. The van der Waals surface area contributed by atoms with E-state index in [9.17, 15) is 18.0 Å². The molecule has 110 valence electrons. The van der Waals surface area contributed by atoms with Crippen LogP contribution in [0.4, 0.5) is 13.2 Å². The summed E-state index contributed by atoms with van der Waals surface area (Å²) in [5.41, 5.74) is -0.556. The minimum atomic E-state index is -4.95. The number of Topliss-reactive ketones (excluding diaryl/α,β-unsaturated/α-hetero) is 1.